The van der Waals surface area contributed by atoms with Crippen LogP contribution in [0.15, 0.2) is 12.7 Å². The molecule has 0 N–H and O–H groups in total. The topological polar surface area (TPSA) is 52.6 Å². The van der Waals surface area contributed by atoms with Crippen LogP contribution in [0, 0.1) is 0 Å². The first kappa shape index (κ1) is 11.7. The fraction of sp³-hybridized carbons (Fsp3) is 0.556. The Morgan fingerprint density at radius 3 is 2.62 bits per heavy atom. The smallest absolute Gasteiger partial charge is 0.330 e. The van der Waals surface area contributed by atoms with Crippen molar-refractivity contribution in [3.8, 4) is 0 Å². The predicted molar refractivity (Wildman–Crippen MR) is 47.0 cm³/mol. The fourth-order valence-corrected chi connectivity index (χ4v) is 0.593. The highest BCUT2D eigenvalue weighted by molar-refractivity contribution is 5.81. The van der Waals surface area contributed by atoms with Gasteiger partial charge in [-0.05, 0) is 6.92 Å². The van der Waals surface area contributed by atoms with Crippen molar-refractivity contribution in [3.05, 3.63) is 12.7 Å². The van der Waals surface area contributed by atoms with Crippen LogP contribution in [-0.2, 0) is 19.1 Å². The molecule has 0 aromatic heterocycles. The number of ether oxygens (including phenoxy) is 2. The lowest BCUT2D eigenvalue weighted by Gasteiger charge is -2.11. The van der Waals surface area contributed by atoms with Gasteiger partial charge < -0.3 is 9.47 Å². The van der Waals surface area contributed by atoms with Crippen LogP contribution in [0.2, 0.25) is 0 Å². The first-order chi connectivity index (χ1) is 6.10. The third-order valence-electron chi connectivity index (χ3n) is 1.25. The summed E-state index contributed by atoms with van der Waals surface area (Å²) in [7, 11) is 0. The average molecular weight is 186 g/mol. The summed E-state index contributed by atoms with van der Waals surface area (Å²) >= 11 is 0. The summed E-state index contributed by atoms with van der Waals surface area (Å²) in [6, 6.07) is 0. The maximum Gasteiger partial charge on any atom is 0.330 e. The standard InChI is InChI=1S/C9H14O4/c1-4-8(10)12-6-7(3)13-9(11)5-2/h5,7H,2,4,6H2,1,3H3. The minimum absolute atomic E-state index is 0.0895. The van der Waals surface area contributed by atoms with Crippen LogP contribution in [0.1, 0.15) is 20.3 Å². The molecule has 0 aromatic rings. The second-order valence-electron chi connectivity index (χ2n) is 2.49. The lowest BCUT2D eigenvalue weighted by molar-refractivity contribution is -0.154. The first-order valence-electron chi connectivity index (χ1n) is 4.08. The molecule has 1 unspecified atom stereocenters. The Morgan fingerprint density at radius 2 is 2.15 bits per heavy atom. The Labute approximate surface area is 77.5 Å². The van der Waals surface area contributed by atoms with E-state index in [4.69, 9.17) is 9.47 Å². The molecule has 0 aromatic carbocycles. The monoisotopic (exact) mass is 186 g/mol. The number of rotatable bonds is 5. The summed E-state index contributed by atoms with van der Waals surface area (Å²) < 4.78 is 9.51. The van der Waals surface area contributed by atoms with Gasteiger partial charge in [0.15, 0.2) is 0 Å². The molecule has 0 bridgehead atoms. The van der Waals surface area contributed by atoms with Crippen LogP contribution in [0.4, 0.5) is 0 Å². The molecule has 0 fully saturated rings. The molecule has 0 saturated carbocycles. The van der Waals surface area contributed by atoms with Crippen LogP contribution in [-0.4, -0.2) is 24.6 Å². The van der Waals surface area contributed by atoms with E-state index in [0.29, 0.717) is 6.42 Å². The van der Waals surface area contributed by atoms with Crippen molar-refractivity contribution >= 4 is 11.9 Å². The molecule has 13 heavy (non-hydrogen) atoms. The SMILES string of the molecule is C=CC(=O)OC(C)COC(=O)CC. The molecule has 0 aliphatic rings. The Kier molecular flexibility index (Phi) is 5.59. The fourth-order valence-electron chi connectivity index (χ4n) is 0.593. The van der Waals surface area contributed by atoms with Crippen LogP contribution >= 0.6 is 0 Å². The van der Waals surface area contributed by atoms with Crippen molar-refractivity contribution < 1.29 is 19.1 Å². The third kappa shape index (κ3) is 5.90. The number of esters is 2. The molecule has 0 heterocycles. The highest BCUT2D eigenvalue weighted by Gasteiger charge is 2.08. The van der Waals surface area contributed by atoms with Gasteiger partial charge in [0.2, 0.25) is 0 Å². The van der Waals surface area contributed by atoms with Gasteiger partial charge in [-0.15, -0.1) is 0 Å². The summed E-state index contributed by atoms with van der Waals surface area (Å²) in [5, 5.41) is 0. The van der Waals surface area contributed by atoms with Gasteiger partial charge in [-0.3, -0.25) is 4.79 Å². The van der Waals surface area contributed by atoms with E-state index in [1.807, 2.05) is 0 Å². The van der Waals surface area contributed by atoms with Crippen LogP contribution in [0.5, 0.6) is 0 Å². The van der Waals surface area contributed by atoms with Crippen molar-refractivity contribution in [2.24, 2.45) is 0 Å². The summed E-state index contributed by atoms with van der Waals surface area (Å²) in [5.41, 5.74) is 0. The molecule has 0 radical (unpaired) electrons. The minimum Gasteiger partial charge on any atom is -0.462 e. The third-order valence-corrected chi connectivity index (χ3v) is 1.25. The second kappa shape index (κ2) is 6.22. The highest BCUT2D eigenvalue weighted by atomic mass is 16.6. The van der Waals surface area contributed by atoms with Gasteiger partial charge >= 0.3 is 11.9 Å². The van der Waals surface area contributed by atoms with Crippen molar-refractivity contribution in [1.29, 1.82) is 0 Å². The molecule has 4 nitrogen and oxygen atoms in total. The lowest BCUT2D eigenvalue weighted by Crippen LogP contribution is -2.21. The van der Waals surface area contributed by atoms with Gasteiger partial charge in [0, 0.05) is 12.5 Å². The van der Waals surface area contributed by atoms with Crippen molar-refractivity contribution in [3.63, 3.8) is 0 Å². The van der Waals surface area contributed by atoms with E-state index in [-0.39, 0.29) is 12.6 Å². The van der Waals surface area contributed by atoms with Crippen LogP contribution < -0.4 is 0 Å². The quantitative estimate of drug-likeness (QED) is 0.476. The zero-order valence-electron chi connectivity index (χ0n) is 7.91. The van der Waals surface area contributed by atoms with Gasteiger partial charge in [0.25, 0.3) is 0 Å². The van der Waals surface area contributed by atoms with E-state index >= 15 is 0 Å². The summed E-state index contributed by atoms with van der Waals surface area (Å²) in [4.78, 5) is 21.3. The van der Waals surface area contributed by atoms with E-state index in [1.165, 1.54) is 0 Å². The molecule has 0 aliphatic carbocycles. The normalized spacial score (nSPS) is 11.5. The van der Waals surface area contributed by atoms with Gasteiger partial charge in [-0.25, -0.2) is 4.79 Å². The maximum absolute atomic E-state index is 10.7. The van der Waals surface area contributed by atoms with Crippen molar-refractivity contribution in [2.75, 3.05) is 6.61 Å². The zero-order valence-corrected chi connectivity index (χ0v) is 7.91. The molecule has 0 saturated heterocycles. The molecule has 74 valence electrons. The average Bonchev–Trinajstić information content (AvgIpc) is 2.13. The van der Waals surface area contributed by atoms with E-state index in [9.17, 15) is 9.59 Å². The van der Waals surface area contributed by atoms with Gasteiger partial charge in [-0.1, -0.05) is 13.5 Å². The molecular formula is C9H14O4. The Balaban J connectivity index is 3.62. The minimum atomic E-state index is -0.514. The van der Waals surface area contributed by atoms with Crippen molar-refractivity contribution in [2.45, 2.75) is 26.4 Å². The highest BCUT2D eigenvalue weighted by Crippen LogP contribution is 1.95. The first-order valence-corrected chi connectivity index (χ1v) is 4.08. The maximum atomic E-state index is 10.7. The zero-order chi connectivity index (χ0) is 10.3. The predicted octanol–water partition coefficient (Wildman–Crippen LogP) is 1.06. The van der Waals surface area contributed by atoms with E-state index in [1.54, 1.807) is 13.8 Å². The number of hydrogen-bond donors (Lipinski definition) is 0. The molecule has 0 rings (SSSR count). The lowest BCUT2D eigenvalue weighted by atomic mass is 10.4. The van der Waals surface area contributed by atoms with Gasteiger partial charge in [-0.2, -0.15) is 0 Å². The molecule has 0 aliphatic heterocycles. The molecule has 1 atom stereocenters. The Morgan fingerprint density at radius 1 is 1.54 bits per heavy atom. The van der Waals surface area contributed by atoms with Gasteiger partial charge in [0.1, 0.15) is 12.7 Å². The molecule has 0 spiro atoms. The summed E-state index contributed by atoms with van der Waals surface area (Å²) in [6.45, 7) is 6.67. The van der Waals surface area contributed by atoms with E-state index in [0.717, 1.165) is 6.08 Å². The number of carbonyl (C=O) groups is 2. The van der Waals surface area contributed by atoms with Crippen molar-refractivity contribution in [1.82, 2.24) is 0 Å². The van der Waals surface area contributed by atoms with E-state index < -0.39 is 12.1 Å². The molecular weight excluding hydrogens is 172 g/mol. The largest absolute Gasteiger partial charge is 0.462 e. The number of hydrogen-bond acceptors (Lipinski definition) is 4. The van der Waals surface area contributed by atoms with Crippen LogP contribution in [0.25, 0.3) is 0 Å². The van der Waals surface area contributed by atoms with Crippen LogP contribution in [0.3, 0.4) is 0 Å². The molecule has 4 heteroatoms. The summed E-state index contributed by atoms with van der Waals surface area (Å²) in [6.07, 6.45) is 0.960. The Bertz CT molecular complexity index is 198. The Hall–Kier alpha value is -1.32. The van der Waals surface area contributed by atoms with E-state index in [2.05, 4.69) is 6.58 Å². The number of carbonyl (C=O) groups excluding carboxylic acids is 2. The second-order valence-corrected chi connectivity index (χ2v) is 2.49. The van der Waals surface area contributed by atoms with Gasteiger partial charge in [0.05, 0.1) is 0 Å². The summed E-state index contributed by atoms with van der Waals surface area (Å²) in [5.74, 6) is -0.818. The molecule has 0 amide bonds.